The summed E-state index contributed by atoms with van der Waals surface area (Å²) in [6.45, 7) is 3.53. The lowest BCUT2D eigenvalue weighted by Gasteiger charge is -2.08. The van der Waals surface area contributed by atoms with E-state index in [9.17, 15) is 0 Å². The number of nitriles is 1. The third kappa shape index (κ3) is 4.03. The number of rotatable bonds is 6. The summed E-state index contributed by atoms with van der Waals surface area (Å²) < 4.78 is 5.54. The minimum absolute atomic E-state index is 0.688. The van der Waals surface area contributed by atoms with Crippen LogP contribution < -0.4 is 10.1 Å². The van der Waals surface area contributed by atoms with Crippen molar-refractivity contribution in [3.63, 3.8) is 0 Å². The molecule has 20 heavy (non-hydrogen) atoms. The molecule has 0 saturated heterocycles. The van der Waals surface area contributed by atoms with E-state index in [2.05, 4.69) is 18.3 Å². The molecule has 2 aromatic carbocycles. The van der Waals surface area contributed by atoms with E-state index in [0.29, 0.717) is 12.1 Å². The van der Waals surface area contributed by atoms with Gasteiger partial charge in [0.25, 0.3) is 0 Å². The maximum absolute atomic E-state index is 8.86. The summed E-state index contributed by atoms with van der Waals surface area (Å²) in [7, 11) is 0. The fourth-order valence-electron chi connectivity index (χ4n) is 1.84. The molecule has 102 valence electrons. The Hall–Kier alpha value is -2.47. The Morgan fingerprint density at radius 2 is 1.95 bits per heavy atom. The standard InChI is InChI=1S/C17H18N2O/c1-2-10-20-17-8-6-16(7-9-17)19-13-15-5-3-4-14(11-15)12-18/h3-9,11,19H,2,10,13H2,1H3. The molecule has 0 amide bonds. The molecule has 3 nitrogen and oxygen atoms in total. The van der Waals surface area contributed by atoms with Gasteiger partial charge in [0.2, 0.25) is 0 Å². The molecule has 0 unspecified atom stereocenters. The zero-order valence-corrected chi connectivity index (χ0v) is 11.6. The van der Waals surface area contributed by atoms with Crippen LogP contribution in [0.15, 0.2) is 48.5 Å². The first-order valence-electron chi connectivity index (χ1n) is 6.77. The first-order valence-corrected chi connectivity index (χ1v) is 6.77. The largest absolute Gasteiger partial charge is 0.494 e. The lowest BCUT2D eigenvalue weighted by Crippen LogP contribution is -2.00. The van der Waals surface area contributed by atoms with Gasteiger partial charge >= 0.3 is 0 Å². The zero-order chi connectivity index (χ0) is 14.2. The molecule has 0 saturated carbocycles. The van der Waals surface area contributed by atoms with Crippen LogP contribution in [-0.2, 0) is 6.54 Å². The highest BCUT2D eigenvalue weighted by atomic mass is 16.5. The second-order valence-corrected chi connectivity index (χ2v) is 4.54. The number of nitrogens with zero attached hydrogens (tertiary/aromatic N) is 1. The highest BCUT2D eigenvalue weighted by Gasteiger charge is 1.97. The molecule has 0 aliphatic carbocycles. The zero-order valence-electron chi connectivity index (χ0n) is 11.6. The molecule has 0 bridgehead atoms. The Labute approximate surface area is 119 Å². The van der Waals surface area contributed by atoms with E-state index in [1.807, 2.05) is 48.5 Å². The fraction of sp³-hybridized carbons (Fsp3) is 0.235. The van der Waals surface area contributed by atoms with E-state index in [0.717, 1.165) is 30.0 Å². The SMILES string of the molecule is CCCOc1ccc(NCc2cccc(C#N)c2)cc1. The normalized spacial score (nSPS) is 9.80. The highest BCUT2D eigenvalue weighted by molar-refractivity contribution is 5.47. The Morgan fingerprint density at radius 3 is 2.65 bits per heavy atom. The van der Waals surface area contributed by atoms with Gasteiger partial charge in [-0.1, -0.05) is 19.1 Å². The number of nitrogens with one attached hydrogen (secondary N) is 1. The van der Waals surface area contributed by atoms with Gasteiger partial charge in [-0.2, -0.15) is 5.26 Å². The quantitative estimate of drug-likeness (QED) is 0.860. The number of benzene rings is 2. The lowest BCUT2D eigenvalue weighted by molar-refractivity contribution is 0.317. The predicted octanol–water partition coefficient (Wildman–Crippen LogP) is 3.96. The van der Waals surface area contributed by atoms with Crippen molar-refractivity contribution < 1.29 is 4.74 Å². The second-order valence-electron chi connectivity index (χ2n) is 4.54. The summed E-state index contributed by atoms with van der Waals surface area (Å²) in [5.41, 5.74) is 2.82. The third-order valence-electron chi connectivity index (χ3n) is 2.88. The average molecular weight is 266 g/mol. The molecule has 0 aromatic heterocycles. The first-order chi connectivity index (χ1) is 9.81. The van der Waals surface area contributed by atoms with Crippen molar-refractivity contribution >= 4 is 5.69 Å². The molecule has 0 aliphatic heterocycles. The number of anilines is 1. The van der Waals surface area contributed by atoms with Crippen LogP contribution in [0.2, 0.25) is 0 Å². The van der Waals surface area contributed by atoms with E-state index in [1.165, 1.54) is 0 Å². The Morgan fingerprint density at radius 1 is 1.15 bits per heavy atom. The molecule has 2 aromatic rings. The molecule has 0 fully saturated rings. The maximum atomic E-state index is 8.86. The van der Waals surface area contributed by atoms with Crippen molar-refractivity contribution in [2.45, 2.75) is 19.9 Å². The Bertz CT molecular complexity index is 585. The average Bonchev–Trinajstić information content (AvgIpc) is 2.52. The van der Waals surface area contributed by atoms with Gasteiger partial charge in [0.15, 0.2) is 0 Å². The molecule has 0 atom stereocenters. The van der Waals surface area contributed by atoms with E-state index in [4.69, 9.17) is 10.00 Å². The van der Waals surface area contributed by atoms with Gasteiger partial charge in [0.1, 0.15) is 5.75 Å². The third-order valence-corrected chi connectivity index (χ3v) is 2.88. The molecular formula is C17H18N2O. The minimum atomic E-state index is 0.688. The van der Waals surface area contributed by atoms with Crippen LogP contribution in [-0.4, -0.2) is 6.61 Å². The van der Waals surface area contributed by atoms with Crippen LogP contribution in [0.4, 0.5) is 5.69 Å². The van der Waals surface area contributed by atoms with Crippen molar-refractivity contribution in [3.8, 4) is 11.8 Å². The molecule has 3 heteroatoms. The van der Waals surface area contributed by atoms with Gasteiger partial charge in [-0.25, -0.2) is 0 Å². The smallest absolute Gasteiger partial charge is 0.119 e. The number of ether oxygens (including phenoxy) is 1. The first kappa shape index (κ1) is 14.0. The van der Waals surface area contributed by atoms with E-state index in [1.54, 1.807) is 0 Å². The van der Waals surface area contributed by atoms with Crippen molar-refractivity contribution in [3.05, 3.63) is 59.7 Å². The Balaban J connectivity index is 1.92. The molecule has 0 heterocycles. The summed E-state index contributed by atoms with van der Waals surface area (Å²) in [4.78, 5) is 0. The topological polar surface area (TPSA) is 45.0 Å². The second kappa shape index (κ2) is 7.20. The van der Waals surface area contributed by atoms with Crippen molar-refractivity contribution in [2.24, 2.45) is 0 Å². The van der Waals surface area contributed by atoms with Crippen molar-refractivity contribution in [2.75, 3.05) is 11.9 Å². The summed E-state index contributed by atoms with van der Waals surface area (Å²) in [5.74, 6) is 0.892. The van der Waals surface area contributed by atoms with E-state index >= 15 is 0 Å². The van der Waals surface area contributed by atoms with Gasteiger partial charge < -0.3 is 10.1 Å². The highest BCUT2D eigenvalue weighted by Crippen LogP contribution is 2.16. The van der Waals surface area contributed by atoms with Crippen LogP contribution in [0.25, 0.3) is 0 Å². The number of hydrogen-bond donors (Lipinski definition) is 1. The summed E-state index contributed by atoms with van der Waals surface area (Å²) in [5, 5.41) is 12.2. The van der Waals surface area contributed by atoms with Crippen LogP contribution in [0.1, 0.15) is 24.5 Å². The van der Waals surface area contributed by atoms with Crippen LogP contribution in [0.3, 0.4) is 0 Å². The minimum Gasteiger partial charge on any atom is -0.494 e. The van der Waals surface area contributed by atoms with Gasteiger partial charge in [-0.3, -0.25) is 0 Å². The summed E-state index contributed by atoms with van der Waals surface area (Å²) >= 11 is 0. The van der Waals surface area contributed by atoms with E-state index < -0.39 is 0 Å². The summed E-state index contributed by atoms with van der Waals surface area (Å²) in [6, 6.07) is 17.7. The Kier molecular flexibility index (Phi) is 5.02. The van der Waals surface area contributed by atoms with E-state index in [-0.39, 0.29) is 0 Å². The molecule has 0 radical (unpaired) electrons. The van der Waals surface area contributed by atoms with Crippen LogP contribution in [0.5, 0.6) is 5.75 Å². The molecule has 2 rings (SSSR count). The van der Waals surface area contributed by atoms with Gasteiger partial charge in [0.05, 0.1) is 18.2 Å². The molecule has 0 spiro atoms. The van der Waals surface area contributed by atoms with Crippen molar-refractivity contribution in [1.82, 2.24) is 0 Å². The maximum Gasteiger partial charge on any atom is 0.119 e. The van der Waals surface area contributed by atoms with Crippen LogP contribution in [0, 0.1) is 11.3 Å². The molecule has 1 N–H and O–H groups in total. The van der Waals surface area contributed by atoms with Gasteiger partial charge in [-0.05, 0) is 48.4 Å². The number of hydrogen-bond acceptors (Lipinski definition) is 3. The fourth-order valence-corrected chi connectivity index (χ4v) is 1.84. The predicted molar refractivity (Wildman–Crippen MR) is 80.7 cm³/mol. The van der Waals surface area contributed by atoms with Gasteiger partial charge in [0, 0.05) is 12.2 Å². The van der Waals surface area contributed by atoms with Crippen molar-refractivity contribution in [1.29, 1.82) is 5.26 Å². The monoisotopic (exact) mass is 266 g/mol. The van der Waals surface area contributed by atoms with Crippen LogP contribution >= 0.6 is 0 Å². The molecular weight excluding hydrogens is 248 g/mol. The van der Waals surface area contributed by atoms with Gasteiger partial charge in [-0.15, -0.1) is 0 Å². The lowest BCUT2D eigenvalue weighted by atomic mass is 10.1. The summed E-state index contributed by atoms with van der Waals surface area (Å²) in [6.07, 6.45) is 1.01. The molecule has 0 aliphatic rings.